The number of aromatic nitrogens is 1. The smallest absolute Gasteiger partial charge is 0.260 e. The third kappa shape index (κ3) is 7.49. The van der Waals surface area contributed by atoms with Gasteiger partial charge in [0, 0.05) is 29.7 Å². The van der Waals surface area contributed by atoms with E-state index in [1.54, 1.807) is 17.0 Å². The molecule has 0 saturated carbocycles. The SMILES string of the molecule is CCCCN(CC)S(=O)(=O)c1ccc(C(=O)N(CCCN(C)C)c2nc3ccc(Br)cc3s2)cc1.Cl. The highest BCUT2D eigenvalue weighted by Crippen LogP contribution is 2.32. The number of halogens is 2. The molecule has 11 heteroatoms. The largest absolute Gasteiger partial charge is 0.309 e. The van der Waals surface area contributed by atoms with Crippen LogP contribution in [0.3, 0.4) is 0 Å². The number of hydrogen-bond donors (Lipinski definition) is 0. The second-order valence-corrected chi connectivity index (χ2v) is 12.5. The number of thiazole rings is 1. The number of sulfonamides is 1. The summed E-state index contributed by atoms with van der Waals surface area (Å²) < 4.78 is 29.5. The van der Waals surface area contributed by atoms with Crippen molar-refractivity contribution in [1.29, 1.82) is 0 Å². The van der Waals surface area contributed by atoms with Crippen LogP contribution in [-0.4, -0.2) is 68.8 Å². The van der Waals surface area contributed by atoms with Crippen molar-refractivity contribution in [2.45, 2.75) is 38.0 Å². The van der Waals surface area contributed by atoms with Crippen molar-refractivity contribution < 1.29 is 13.2 Å². The number of rotatable bonds is 12. The molecule has 0 radical (unpaired) electrons. The number of unbranched alkanes of at least 4 members (excludes halogenated alkanes) is 1. The van der Waals surface area contributed by atoms with Crippen LogP contribution in [0.15, 0.2) is 51.8 Å². The molecule has 0 spiro atoms. The average molecular weight is 618 g/mol. The molecule has 7 nitrogen and oxygen atoms in total. The summed E-state index contributed by atoms with van der Waals surface area (Å²) in [6.45, 7) is 6.13. The monoisotopic (exact) mass is 616 g/mol. The molecular formula is C25H34BrClN4O3S2. The maximum Gasteiger partial charge on any atom is 0.260 e. The third-order valence-electron chi connectivity index (χ3n) is 5.66. The van der Waals surface area contributed by atoms with E-state index in [-0.39, 0.29) is 23.2 Å². The van der Waals surface area contributed by atoms with Crippen LogP contribution in [0, 0.1) is 0 Å². The Bertz CT molecular complexity index is 1250. The van der Waals surface area contributed by atoms with E-state index in [4.69, 9.17) is 4.98 Å². The van der Waals surface area contributed by atoms with E-state index in [0.29, 0.717) is 30.3 Å². The molecule has 0 aliphatic rings. The fraction of sp³-hybridized carbons (Fsp3) is 0.440. The van der Waals surface area contributed by atoms with Gasteiger partial charge in [-0.2, -0.15) is 4.31 Å². The first kappa shape index (κ1) is 30.7. The maximum atomic E-state index is 13.6. The van der Waals surface area contributed by atoms with Crippen molar-refractivity contribution in [2.24, 2.45) is 0 Å². The van der Waals surface area contributed by atoms with Crippen molar-refractivity contribution in [1.82, 2.24) is 14.2 Å². The first-order chi connectivity index (χ1) is 16.7. The van der Waals surface area contributed by atoms with E-state index in [1.807, 2.05) is 46.1 Å². The Labute approximate surface area is 233 Å². The van der Waals surface area contributed by atoms with Gasteiger partial charge in [-0.3, -0.25) is 9.69 Å². The van der Waals surface area contributed by atoms with Crippen molar-refractivity contribution in [2.75, 3.05) is 45.2 Å². The summed E-state index contributed by atoms with van der Waals surface area (Å²) >= 11 is 4.97. The van der Waals surface area contributed by atoms with Crippen LogP contribution in [0.1, 0.15) is 43.5 Å². The Morgan fingerprint density at radius 2 is 1.69 bits per heavy atom. The minimum Gasteiger partial charge on any atom is -0.309 e. The molecule has 198 valence electrons. The average Bonchev–Trinajstić information content (AvgIpc) is 3.24. The number of nitrogens with zero attached hydrogens (tertiary/aromatic N) is 4. The van der Waals surface area contributed by atoms with Gasteiger partial charge in [0.05, 0.1) is 15.1 Å². The number of carbonyl (C=O) groups is 1. The highest BCUT2D eigenvalue weighted by molar-refractivity contribution is 9.10. The van der Waals surface area contributed by atoms with Gasteiger partial charge in [0.2, 0.25) is 10.0 Å². The minimum absolute atomic E-state index is 0. The van der Waals surface area contributed by atoms with Crippen LogP contribution in [0.2, 0.25) is 0 Å². The van der Waals surface area contributed by atoms with Crippen LogP contribution in [0.5, 0.6) is 0 Å². The standard InChI is InChI=1S/C25H33BrN4O3S2.ClH/c1-5-7-16-29(6-2)35(32,33)21-12-9-19(10-13-21)24(31)30(17-8-15-28(3)4)25-27-22-14-11-20(26)18-23(22)34-25;/h9-14,18H,5-8,15-17H2,1-4H3;1H. The van der Waals surface area contributed by atoms with E-state index in [0.717, 1.165) is 40.5 Å². The number of carbonyl (C=O) groups excluding carboxylic acids is 1. The van der Waals surface area contributed by atoms with E-state index in [9.17, 15) is 13.2 Å². The predicted octanol–water partition coefficient (Wildman–Crippen LogP) is 5.89. The molecule has 3 rings (SSSR count). The molecule has 0 aliphatic carbocycles. The van der Waals surface area contributed by atoms with Crippen LogP contribution in [0.25, 0.3) is 10.2 Å². The van der Waals surface area contributed by atoms with Gasteiger partial charge in [0.1, 0.15) is 0 Å². The fourth-order valence-corrected chi connectivity index (χ4v) is 6.72. The van der Waals surface area contributed by atoms with Gasteiger partial charge in [-0.15, -0.1) is 12.4 Å². The molecule has 3 aromatic rings. The molecule has 0 bridgehead atoms. The number of fused-ring (bicyclic) bond motifs is 1. The first-order valence-electron chi connectivity index (χ1n) is 11.8. The zero-order valence-corrected chi connectivity index (χ0v) is 25.1. The molecule has 0 atom stereocenters. The molecule has 0 fully saturated rings. The zero-order chi connectivity index (χ0) is 25.6. The molecule has 1 aromatic heterocycles. The lowest BCUT2D eigenvalue weighted by atomic mass is 10.2. The summed E-state index contributed by atoms with van der Waals surface area (Å²) in [5.41, 5.74) is 1.28. The Hall–Kier alpha value is -1.56. The quantitative estimate of drug-likeness (QED) is 0.253. The number of amides is 1. The number of benzene rings is 2. The first-order valence-corrected chi connectivity index (χ1v) is 14.8. The lowest BCUT2D eigenvalue weighted by Crippen LogP contribution is -2.34. The molecule has 0 unspecified atom stereocenters. The lowest BCUT2D eigenvalue weighted by Gasteiger charge is -2.22. The summed E-state index contributed by atoms with van der Waals surface area (Å²) in [7, 11) is 0.406. The van der Waals surface area contributed by atoms with Crippen molar-refractivity contribution in [3.8, 4) is 0 Å². The molecule has 0 aliphatic heterocycles. The number of hydrogen-bond acceptors (Lipinski definition) is 6. The van der Waals surface area contributed by atoms with E-state index >= 15 is 0 Å². The van der Waals surface area contributed by atoms with Gasteiger partial charge in [0.15, 0.2) is 5.13 Å². The summed E-state index contributed by atoms with van der Waals surface area (Å²) in [5.74, 6) is -0.191. The van der Waals surface area contributed by atoms with Crippen molar-refractivity contribution in [3.05, 3.63) is 52.5 Å². The van der Waals surface area contributed by atoms with Gasteiger partial charge in [-0.1, -0.05) is 47.5 Å². The normalized spacial score (nSPS) is 11.8. The van der Waals surface area contributed by atoms with Crippen LogP contribution in [-0.2, 0) is 10.0 Å². The number of anilines is 1. The summed E-state index contributed by atoms with van der Waals surface area (Å²) in [6, 6.07) is 12.1. The molecule has 0 N–H and O–H groups in total. The van der Waals surface area contributed by atoms with Crippen LogP contribution in [0.4, 0.5) is 5.13 Å². The van der Waals surface area contributed by atoms with E-state index in [2.05, 4.69) is 20.8 Å². The summed E-state index contributed by atoms with van der Waals surface area (Å²) in [6.07, 6.45) is 2.52. The van der Waals surface area contributed by atoms with Crippen molar-refractivity contribution >= 4 is 71.0 Å². The maximum absolute atomic E-state index is 13.6. The summed E-state index contributed by atoms with van der Waals surface area (Å²) in [5, 5.41) is 0.635. The lowest BCUT2D eigenvalue weighted by molar-refractivity contribution is 0.0986. The Balaban J connectivity index is 0.00000456. The summed E-state index contributed by atoms with van der Waals surface area (Å²) in [4.78, 5) is 22.3. The minimum atomic E-state index is -3.60. The third-order valence-corrected chi connectivity index (χ3v) is 9.18. The van der Waals surface area contributed by atoms with Crippen LogP contribution < -0.4 is 4.90 Å². The highest BCUT2D eigenvalue weighted by atomic mass is 79.9. The Morgan fingerprint density at radius 1 is 1.00 bits per heavy atom. The molecule has 36 heavy (non-hydrogen) atoms. The van der Waals surface area contributed by atoms with Gasteiger partial charge in [-0.05, 0) is 75.9 Å². The van der Waals surface area contributed by atoms with Gasteiger partial charge in [-0.25, -0.2) is 13.4 Å². The second kappa shape index (κ2) is 13.8. The molecule has 2 aromatic carbocycles. The predicted molar refractivity (Wildman–Crippen MR) is 155 cm³/mol. The van der Waals surface area contributed by atoms with E-state index < -0.39 is 10.0 Å². The van der Waals surface area contributed by atoms with Gasteiger partial charge in [0.25, 0.3) is 5.91 Å². The fourth-order valence-electron chi connectivity index (χ4n) is 3.69. The Morgan fingerprint density at radius 3 is 2.31 bits per heavy atom. The van der Waals surface area contributed by atoms with Gasteiger partial charge >= 0.3 is 0 Å². The molecular weight excluding hydrogens is 584 g/mol. The molecule has 1 amide bonds. The second-order valence-electron chi connectivity index (χ2n) is 8.60. The molecule has 0 saturated heterocycles. The molecule has 1 heterocycles. The van der Waals surface area contributed by atoms with E-state index in [1.165, 1.54) is 27.8 Å². The topological polar surface area (TPSA) is 73.8 Å². The van der Waals surface area contributed by atoms with Crippen LogP contribution >= 0.6 is 39.7 Å². The highest BCUT2D eigenvalue weighted by Gasteiger charge is 2.25. The van der Waals surface area contributed by atoms with Gasteiger partial charge < -0.3 is 4.90 Å². The van der Waals surface area contributed by atoms with Crippen molar-refractivity contribution in [3.63, 3.8) is 0 Å². The Kier molecular flexibility index (Phi) is 11.8. The zero-order valence-electron chi connectivity index (χ0n) is 21.1.